The third kappa shape index (κ3) is 4.03. The molecule has 1 aromatic heterocycles. The van der Waals surface area contributed by atoms with Crippen LogP contribution in [0.25, 0.3) is 0 Å². The van der Waals surface area contributed by atoms with Crippen LogP contribution < -0.4 is 15.0 Å². The van der Waals surface area contributed by atoms with Crippen LogP contribution in [0, 0.1) is 0 Å². The Balaban J connectivity index is 1.91. The second-order valence-corrected chi connectivity index (χ2v) is 6.41. The molecule has 0 spiro atoms. The van der Waals surface area contributed by atoms with E-state index in [4.69, 9.17) is 21.1 Å². The van der Waals surface area contributed by atoms with Gasteiger partial charge in [0.15, 0.2) is 0 Å². The number of ether oxygens (including phenoxy) is 2. The number of methoxy groups -OCH3 is 1. The molecule has 0 amide bonds. The largest absolute Gasteiger partial charge is 0.497 e. The first-order chi connectivity index (χ1) is 12.1. The van der Waals surface area contributed by atoms with Crippen LogP contribution >= 0.6 is 27.5 Å². The molecule has 0 saturated heterocycles. The molecule has 0 aliphatic heterocycles. The summed E-state index contributed by atoms with van der Waals surface area (Å²) in [6.45, 7) is 0.302. The fourth-order valence-corrected chi connectivity index (χ4v) is 2.78. The maximum absolute atomic E-state index is 12.7. The van der Waals surface area contributed by atoms with Crippen LogP contribution in [0.5, 0.6) is 17.2 Å². The molecule has 0 fully saturated rings. The molecule has 2 aromatic carbocycles. The van der Waals surface area contributed by atoms with Crippen LogP contribution in [-0.2, 0) is 6.54 Å². The molecule has 3 rings (SSSR count). The first-order valence-electron chi connectivity index (χ1n) is 7.39. The molecular weight excluding hydrogens is 408 g/mol. The van der Waals surface area contributed by atoms with Crippen LogP contribution in [0.1, 0.15) is 5.56 Å². The van der Waals surface area contributed by atoms with Gasteiger partial charge >= 0.3 is 5.56 Å². The second-order valence-electron chi connectivity index (χ2n) is 5.15. The molecule has 0 N–H and O–H groups in total. The normalized spacial score (nSPS) is 10.5. The lowest BCUT2D eigenvalue weighted by atomic mass is 10.2. The first-order valence-corrected chi connectivity index (χ1v) is 8.56. The van der Waals surface area contributed by atoms with E-state index in [1.54, 1.807) is 31.4 Å². The highest BCUT2D eigenvalue weighted by Gasteiger charge is 2.14. The van der Waals surface area contributed by atoms with Crippen LogP contribution in [0.2, 0.25) is 5.02 Å². The van der Waals surface area contributed by atoms with Crippen molar-refractivity contribution in [1.29, 1.82) is 0 Å². The van der Waals surface area contributed by atoms with Crippen molar-refractivity contribution in [2.45, 2.75) is 6.54 Å². The maximum atomic E-state index is 12.7. The highest BCUT2D eigenvalue weighted by atomic mass is 79.9. The smallest absolute Gasteiger partial charge is 0.311 e. The zero-order chi connectivity index (χ0) is 17.8. The Labute approximate surface area is 157 Å². The van der Waals surface area contributed by atoms with Gasteiger partial charge in [-0.25, -0.2) is 4.68 Å². The van der Waals surface area contributed by atoms with E-state index >= 15 is 0 Å². The molecule has 0 saturated carbocycles. The molecule has 0 atom stereocenters. The predicted octanol–water partition coefficient (Wildman–Crippen LogP) is 4.51. The summed E-state index contributed by atoms with van der Waals surface area (Å²) in [7, 11) is 1.58. The third-order valence-electron chi connectivity index (χ3n) is 3.51. The maximum Gasteiger partial charge on any atom is 0.311 e. The van der Waals surface area contributed by atoms with E-state index in [2.05, 4.69) is 21.0 Å². The van der Waals surface area contributed by atoms with Crippen molar-refractivity contribution in [2.24, 2.45) is 0 Å². The summed E-state index contributed by atoms with van der Waals surface area (Å²) in [5, 5.41) is 4.25. The quantitative estimate of drug-likeness (QED) is 0.608. The van der Waals surface area contributed by atoms with Gasteiger partial charge < -0.3 is 9.47 Å². The molecule has 0 aliphatic rings. The lowest BCUT2D eigenvalue weighted by molar-refractivity contribution is 0.412. The van der Waals surface area contributed by atoms with Gasteiger partial charge in [-0.15, -0.1) is 0 Å². The van der Waals surface area contributed by atoms with Gasteiger partial charge in [0, 0.05) is 4.47 Å². The van der Waals surface area contributed by atoms with Gasteiger partial charge in [0.05, 0.1) is 19.9 Å². The van der Waals surface area contributed by atoms with Gasteiger partial charge in [0.1, 0.15) is 16.5 Å². The second kappa shape index (κ2) is 7.72. The highest BCUT2D eigenvalue weighted by Crippen LogP contribution is 2.26. The number of benzene rings is 2. The van der Waals surface area contributed by atoms with Crippen molar-refractivity contribution in [3.63, 3.8) is 0 Å². The molecule has 0 unspecified atom stereocenters. The number of halogens is 2. The Morgan fingerprint density at radius 3 is 2.48 bits per heavy atom. The summed E-state index contributed by atoms with van der Waals surface area (Å²) in [5.41, 5.74) is 0.522. The number of hydrogen-bond donors (Lipinski definition) is 0. The minimum atomic E-state index is -0.404. The Morgan fingerprint density at radius 1 is 1.12 bits per heavy atom. The zero-order valence-electron chi connectivity index (χ0n) is 13.3. The molecule has 0 aliphatic carbocycles. The number of rotatable bonds is 5. The van der Waals surface area contributed by atoms with Crippen LogP contribution in [-0.4, -0.2) is 16.9 Å². The minimum absolute atomic E-state index is 0.0360. The molecule has 0 bridgehead atoms. The van der Waals surface area contributed by atoms with Crippen molar-refractivity contribution in [2.75, 3.05) is 7.11 Å². The summed E-state index contributed by atoms with van der Waals surface area (Å²) >= 11 is 9.58. The fraction of sp³-hybridized carbons (Fsp3) is 0.111. The first kappa shape index (κ1) is 17.5. The average Bonchev–Trinajstić information content (AvgIpc) is 2.63. The Bertz CT molecular complexity index is 942. The lowest BCUT2D eigenvalue weighted by Gasteiger charge is -2.11. The Kier molecular flexibility index (Phi) is 5.40. The number of nitrogens with zero attached hydrogens (tertiary/aromatic N) is 2. The van der Waals surface area contributed by atoms with Crippen molar-refractivity contribution in [1.82, 2.24) is 9.78 Å². The van der Waals surface area contributed by atoms with Gasteiger partial charge in [-0.05, 0) is 35.9 Å². The molecule has 7 heteroatoms. The molecule has 25 heavy (non-hydrogen) atoms. The topological polar surface area (TPSA) is 53.4 Å². The highest BCUT2D eigenvalue weighted by molar-refractivity contribution is 9.10. The van der Waals surface area contributed by atoms with Crippen LogP contribution in [0.4, 0.5) is 0 Å². The van der Waals surface area contributed by atoms with E-state index in [0.717, 1.165) is 10.0 Å². The predicted molar refractivity (Wildman–Crippen MR) is 99.8 cm³/mol. The van der Waals surface area contributed by atoms with E-state index in [0.29, 0.717) is 18.0 Å². The molecular formula is C18H14BrClN2O3. The average molecular weight is 422 g/mol. The van der Waals surface area contributed by atoms with E-state index in [1.807, 2.05) is 24.3 Å². The van der Waals surface area contributed by atoms with Gasteiger partial charge in [0.25, 0.3) is 0 Å². The fourth-order valence-electron chi connectivity index (χ4n) is 2.21. The summed E-state index contributed by atoms with van der Waals surface area (Å²) < 4.78 is 13.0. The summed E-state index contributed by atoms with van der Waals surface area (Å²) in [4.78, 5) is 12.7. The molecule has 3 aromatic rings. The SMILES string of the molecule is COc1ccc(Oc2c(Cl)cnn(Cc3ccccc3Br)c2=O)cc1. The monoisotopic (exact) mass is 420 g/mol. The van der Waals surface area contributed by atoms with Gasteiger partial charge in [-0.1, -0.05) is 45.7 Å². The summed E-state index contributed by atoms with van der Waals surface area (Å²) in [6, 6.07) is 14.5. The van der Waals surface area contributed by atoms with Gasteiger partial charge in [0.2, 0.25) is 5.75 Å². The Morgan fingerprint density at radius 2 is 1.80 bits per heavy atom. The summed E-state index contributed by atoms with van der Waals surface area (Å²) in [5.74, 6) is 1.21. The molecule has 5 nitrogen and oxygen atoms in total. The zero-order valence-corrected chi connectivity index (χ0v) is 15.6. The number of hydrogen-bond acceptors (Lipinski definition) is 4. The third-order valence-corrected chi connectivity index (χ3v) is 4.56. The van der Waals surface area contributed by atoms with Gasteiger partial charge in [-0.2, -0.15) is 5.10 Å². The molecule has 1 heterocycles. The van der Waals surface area contributed by atoms with Crippen molar-refractivity contribution in [3.8, 4) is 17.2 Å². The Hall–Kier alpha value is -2.31. The number of aromatic nitrogens is 2. The van der Waals surface area contributed by atoms with Crippen molar-refractivity contribution in [3.05, 3.63) is 80.1 Å². The van der Waals surface area contributed by atoms with Crippen LogP contribution in [0.15, 0.2) is 64.0 Å². The molecule has 128 valence electrons. The standard InChI is InChI=1S/C18H14BrClN2O3/c1-24-13-6-8-14(9-7-13)25-17-16(20)10-21-22(18(17)23)11-12-4-2-3-5-15(12)19/h2-10H,11H2,1H3. The minimum Gasteiger partial charge on any atom is -0.497 e. The van der Waals surface area contributed by atoms with Crippen molar-refractivity contribution >= 4 is 27.5 Å². The van der Waals surface area contributed by atoms with Gasteiger partial charge in [-0.3, -0.25) is 4.79 Å². The van der Waals surface area contributed by atoms with E-state index in [1.165, 1.54) is 10.9 Å². The van der Waals surface area contributed by atoms with E-state index in [-0.39, 0.29) is 10.8 Å². The summed E-state index contributed by atoms with van der Waals surface area (Å²) in [6.07, 6.45) is 1.40. The van der Waals surface area contributed by atoms with E-state index < -0.39 is 5.56 Å². The molecule has 0 radical (unpaired) electrons. The lowest BCUT2D eigenvalue weighted by Crippen LogP contribution is -2.24. The van der Waals surface area contributed by atoms with Crippen molar-refractivity contribution < 1.29 is 9.47 Å². The van der Waals surface area contributed by atoms with Crippen LogP contribution in [0.3, 0.4) is 0 Å². The van der Waals surface area contributed by atoms with E-state index in [9.17, 15) is 4.79 Å².